The maximum absolute atomic E-state index is 10.4. The van der Waals surface area contributed by atoms with Crippen molar-refractivity contribution in [3.05, 3.63) is 65.2 Å². The van der Waals surface area contributed by atoms with E-state index in [-0.39, 0.29) is 6.61 Å². The van der Waals surface area contributed by atoms with E-state index in [9.17, 15) is 5.11 Å². The molecule has 2 aromatic carbocycles. The fourth-order valence-corrected chi connectivity index (χ4v) is 2.66. The zero-order valence-corrected chi connectivity index (χ0v) is 15.4. The van der Waals surface area contributed by atoms with Crippen LogP contribution in [0.3, 0.4) is 0 Å². The summed E-state index contributed by atoms with van der Waals surface area (Å²) in [5.41, 5.74) is 3.55. The lowest BCUT2D eigenvalue weighted by atomic mass is 10.1. The molecular weight excluding hydrogens is 314 g/mol. The predicted molar refractivity (Wildman–Crippen MR) is 101 cm³/mol. The van der Waals surface area contributed by atoms with Crippen LogP contribution in [0.15, 0.2) is 48.5 Å². The second-order valence-corrected chi connectivity index (χ2v) is 6.44. The minimum absolute atomic E-state index is 0.280. The normalized spacial score (nSPS) is 12.4. The summed E-state index contributed by atoms with van der Waals surface area (Å²) in [5, 5.41) is 10.4. The summed E-state index contributed by atoms with van der Waals surface area (Å²) in [6.45, 7) is 7.10. The first-order chi connectivity index (χ1) is 12.1. The quantitative estimate of drug-likeness (QED) is 0.719. The first-order valence-corrected chi connectivity index (χ1v) is 8.72. The fourth-order valence-electron chi connectivity index (χ4n) is 2.66. The number of aryl methyl sites for hydroxylation is 2. The summed E-state index contributed by atoms with van der Waals surface area (Å²) >= 11 is 0. The molecule has 0 saturated heterocycles. The topological polar surface area (TPSA) is 41.9 Å². The third-order valence-electron chi connectivity index (χ3n) is 4.13. The number of para-hydroxylation sites is 1. The summed E-state index contributed by atoms with van der Waals surface area (Å²) < 4.78 is 11.0. The van der Waals surface area contributed by atoms with Crippen molar-refractivity contribution in [3.63, 3.8) is 0 Å². The van der Waals surface area contributed by atoms with Gasteiger partial charge in [-0.05, 0) is 31.0 Å². The minimum Gasteiger partial charge on any atom is -0.491 e. The zero-order chi connectivity index (χ0) is 18.1. The second kappa shape index (κ2) is 10.2. The number of hydrogen-bond acceptors (Lipinski definition) is 4. The van der Waals surface area contributed by atoms with Crippen molar-refractivity contribution < 1.29 is 14.6 Å². The molecule has 0 unspecified atom stereocenters. The van der Waals surface area contributed by atoms with Crippen molar-refractivity contribution in [1.29, 1.82) is 0 Å². The molecule has 25 heavy (non-hydrogen) atoms. The van der Waals surface area contributed by atoms with Gasteiger partial charge in [0.2, 0.25) is 0 Å². The molecule has 4 heteroatoms. The molecule has 0 aromatic heterocycles. The van der Waals surface area contributed by atoms with Gasteiger partial charge in [0.1, 0.15) is 18.5 Å². The molecule has 4 nitrogen and oxygen atoms in total. The Morgan fingerprint density at radius 2 is 1.76 bits per heavy atom. The Bertz CT molecular complexity index is 627. The Morgan fingerprint density at radius 1 is 1.04 bits per heavy atom. The molecule has 0 radical (unpaired) electrons. The van der Waals surface area contributed by atoms with E-state index in [1.54, 1.807) is 7.11 Å². The lowest BCUT2D eigenvalue weighted by Gasteiger charge is -2.25. The zero-order valence-electron chi connectivity index (χ0n) is 15.4. The third kappa shape index (κ3) is 6.86. The van der Waals surface area contributed by atoms with Crippen molar-refractivity contribution >= 4 is 0 Å². The molecule has 0 fully saturated rings. The van der Waals surface area contributed by atoms with Gasteiger partial charge in [0.15, 0.2) is 0 Å². The highest BCUT2D eigenvalue weighted by atomic mass is 16.5. The van der Waals surface area contributed by atoms with Gasteiger partial charge in [-0.1, -0.05) is 48.0 Å². The number of hydrogen-bond donors (Lipinski definition) is 1. The fraction of sp³-hybridized carbons (Fsp3) is 0.429. The summed E-state index contributed by atoms with van der Waals surface area (Å²) in [6, 6.07) is 16.3. The van der Waals surface area contributed by atoms with Crippen molar-refractivity contribution in [3.8, 4) is 5.75 Å². The first-order valence-electron chi connectivity index (χ1n) is 8.72. The second-order valence-electron chi connectivity index (χ2n) is 6.44. The SMILES string of the molecule is COCCN(Cc1ccc(C)cc1)C[C@@H](O)COc1ccccc1C. The lowest BCUT2D eigenvalue weighted by Crippen LogP contribution is -2.37. The van der Waals surface area contributed by atoms with Crippen LogP contribution in [0.25, 0.3) is 0 Å². The molecule has 2 aromatic rings. The highest BCUT2D eigenvalue weighted by Crippen LogP contribution is 2.16. The van der Waals surface area contributed by atoms with Gasteiger partial charge in [-0.2, -0.15) is 0 Å². The molecule has 0 bridgehead atoms. The number of rotatable bonds is 10. The van der Waals surface area contributed by atoms with Crippen molar-refractivity contribution in [2.75, 3.05) is 33.4 Å². The maximum atomic E-state index is 10.4. The Balaban J connectivity index is 1.88. The molecule has 0 aliphatic heterocycles. The van der Waals surface area contributed by atoms with Gasteiger partial charge in [0, 0.05) is 26.7 Å². The standard InChI is InChI=1S/C21H29NO3/c1-17-8-10-19(11-9-17)14-22(12-13-24-3)15-20(23)16-25-21-7-5-4-6-18(21)2/h4-11,20,23H,12-16H2,1-3H3/t20-/m1/s1. The van der Waals surface area contributed by atoms with Gasteiger partial charge in [-0.15, -0.1) is 0 Å². The summed E-state index contributed by atoms with van der Waals surface area (Å²) in [5.74, 6) is 0.823. The molecule has 0 aliphatic rings. The number of nitrogens with zero attached hydrogens (tertiary/aromatic N) is 1. The van der Waals surface area contributed by atoms with Gasteiger partial charge in [-0.25, -0.2) is 0 Å². The third-order valence-corrected chi connectivity index (χ3v) is 4.13. The van der Waals surface area contributed by atoms with Crippen molar-refractivity contribution in [1.82, 2.24) is 4.90 Å². The summed E-state index contributed by atoms with van der Waals surface area (Å²) in [4.78, 5) is 2.19. The molecule has 0 saturated carbocycles. The molecule has 0 aliphatic carbocycles. The first kappa shape index (κ1) is 19.4. The van der Waals surface area contributed by atoms with Crippen LogP contribution in [-0.4, -0.2) is 49.5 Å². The number of ether oxygens (including phenoxy) is 2. The molecule has 0 heterocycles. The monoisotopic (exact) mass is 343 g/mol. The predicted octanol–water partition coefficient (Wildman–Crippen LogP) is 3.19. The molecule has 1 atom stereocenters. The van der Waals surface area contributed by atoms with E-state index in [4.69, 9.17) is 9.47 Å². The van der Waals surface area contributed by atoms with Crippen LogP contribution in [-0.2, 0) is 11.3 Å². The van der Waals surface area contributed by atoms with Gasteiger partial charge >= 0.3 is 0 Å². The Morgan fingerprint density at radius 3 is 2.44 bits per heavy atom. The van der Waals surface area contributed by atoms with Gasteiger partial charge in [0.25, 0.3) is 0 Å². The molecule has 136 valence electrons. The van der Waals surface area contributed by atoms with Crippen LogP contribution < -0.4 is 4.74 Å². The van der Waals surface area contributed by atoms with E-state index < -0.39 is 6.10 Å². The van der Waals surface area contributed by atoms with Crippen molar-refractivity contribution in [2.45, 2.75) is 26.5 Å². The number of aliphatic hydroxyl groups excluding tert-OH is 1. The summed E-state index contributed by atoms with van der Waals surface area (Å²) in [7, 11) is 1.70. The minimum atomic E-state index is -0.554. The van der Waals surface area contributed by atoms with Gasteiger partial charge in [-0.3, -0.25) is 4.90 Å². The number of aliphatic hydroxyl groups is 1. The molecular formula is C21H29NO3. The average molecular weight is 343 g/mol. The molecule has 1 N–H and O–H groups in total. The number of methoxy groups -OCH3 is 1. The van der Waals surface area contributed by atoms with Crippen LogP contribution >= 0.6 is 0 Å². The van der Waals surface area contributed by atoms with Crippen LogP contribution in [0.2, 0.25) is 0 Å². The summed E-state index contributed by atoms with van der Waals surface area (Å²) in [6.07, 6.45) is -0.554. The van der Waals surface area contributed by atoms with E-state index in [0.717, 1.165) is 24.4 Å². The highest BCUT2D eigenvalue weighted by molar-refractivity contribution is 5.31. The van der Waals surface area contributed by atoms with E-state index in [0.29, 0.717) is 13.2 Å². The van der Waals surface area contributed by atoms with Crippen LogP contribution in [0.4, 0.5) is 0 Å². The molecule has 0 amide bonds. The van der Waals surface area contributed by atoms with E-state index in [1.807, 2.05) is 31.2 Å². The largest absolute Gasteiger partial charge is 0.491 e. The van der Waals surface area contributed by atoms with E-state index in [2.05, 4.69) is 36.1 Å². The van der Waals surface area contributed by atoms with E-state index in [1.165, 1.54) is 11.1 Å². The van der Waals surface area contributed by atoms with Crippen molar-refractivity contribution in [2.24, 2.45) is 0 Å². The Hall–Kier alpha value is -1.88. The maximum Gasteiger partial charge on any atom is 0.122 e. The highest BCUT2D eigenvalue weighted by Gasteiger charge is 2.13. The van der Waals surface area contributed by atoms with E-state index >= 15 is 0 Å². The molecule has 2 rings (SSSR count). The average Bonchev–Trinajstić information content (AvgIpc) is 2.61. The van der Waals surface area contributed by atoms with Crippen LogP contribution in [0, 0.1) is 13.8 Å². The lowest BCUT2D eigenvalue weighted by molar-refractivity contribution is 0.0540. The Labute approximate surface area is 151 Å². The molecule has 0 spiro atoms. The van der Waals surface area contributed by atoms with Gasteiger partial charge < -0.3 is 14.6 Å². The van der Waals surface area contributed by atoms with Crippen LogP contribution in [0.5, 0.6) is 5.75 Å². The smallest absolute Gasteiger partial charge is 0.122 e. The van der Waals surface area contributed by atoms with Gasteiger partial charge in [0.05, 0.1) is 6.61 Å². The van der Waals surface area contributed by atoms with Crippen LogP contribution in [0.1, 0.15) is 16.7 Å². The number of benzene rings is 2. The Kier molecular flexibility index (Phi) is 7.92.